The molecule has 224 valence electrons. The number of epoxide rings is 1. The predicted octanol–water partition coefficient (Wildman–Crippen LogP) is 3.29. The third-order valence-electron chi connectivity index (χ3n) is 11.6. The first-order chi connectivity index (χ1) is 18.9. The summed E-state index contributed by atoms with van der Waals surface area (Å²) < 4.78 is 32.3. The van der Waals surface area contributed by atoms with Crippen molar-refractivity contribution < 1.29 is 43.5 Å². The average Bonchev–Trinajstić information content (AvgIpc) is 3.62. The molecule has 0 aromatic rings. The highest BCUT2D eigenvalue weighted by atomic mass is 16.9. The van der Waals surface area contributed by atoms with Crippen LogP contribution in [0.15, 0.2) is 12.2 Å². The molecule has 0 radical (unpaired) electrons. The maximum atomic E-state index is 14.7. The number of carbonyl (C=O) groups excluding carboxylic acids is 2. The minimum Gasteiger partial charge on any atom is -0.469 e. The average molecular weight is 563 g/mol. The van der Waals surface area contributed by atoms with Crippen LogP contribution in [0, 0.1) is 35.5 Å². The standard InChI is InChI=1S/C31H46O9/c1-16(2)28-14-18(4)31-21-20(19(5)27(35)36-6)17(3)12-10-8-7-9-11-13-30(39-28,40-31)38-25(28)22(31)26-29(15-32,37-26)24(34)23(21)33/h17-22,24-26,32,34H,1,7-15H2,2-6H3/t17-,18+,19-,20-,21+,22+,24-,25+,26-,28+,29+,30?,31-/m0/s1. The highest BCUT2D eigenvalue weighted by molar-refractivity contribution is 5.90. The molecule has 9 nitrogen and oxygen atoms in total. The molecular formula is C31H46O9. The van der Waals surface area contributed by atoms with Crippen LogP contribution in [-0.4, -0.2) is 76.8 Å². The van der Waals surface area contributed by atoms with Crippen molar-refractivity contribution in [3.63, 3.8) is 0 Å². The van der Waals surface area contributed by atoms with Gasteiger partial charge in [0, 0.05) is 12.3 Å². The van der Waals surface area contributed by atoms with Gasteiger partial charge in [-0.1, -0.05) is 59.5 Å². The van der Waals surface area contributed by atoms with E-state index in [0.717, 1.165) is 44.1 Å². The van der Waals surface area contributed by atoms with Gasteiger partial charge < -0.3 is 33.9 Å². The van der Waals surface area contributed by atoms with Gasteiger partial charge in [0.15, 0.2) is 11.4 Å². The lowest BCUT2D eigenvalue weighted by Gasteiger charge is -2.60. The number of ether oxygens (including phenoxy) is 5. The molecule has 2 spiro atoms. The van der Waals surface area contributed by atoms with E-state index in [1.165, 1.54) is 7.11 Å². The maximum absolute atomic E-state index is 14.7. The molecule has 6 aliphatic rings. The molecule has 0 aromatic carbocycles. The Morgan fingerprint density at radius 2 is 1.82 bits per heavy atom. The van der Waals surface area contributed by atoms with E-state index < -0.39 is 77.1 Å². The Labute approximate surface area is 236 Å². The number of fused-ring (bicyclic) bond motifs is 1. The largest absolute Gasteiger partial charge is 0.469 e. The van der Waals surface area contributed by atoms with E-state index >= 15 is 0 Å². The number of Topliss-reactive ketones (excluding diaryl/α,β-unsaturated/α-hetero) is 1. The van der Waals surface area contributed by atoms with Crippen LogP contribution in [-0.2, 0) is 33.3 Å². The summed E-state index contributed by atoms with van der Waals surface area (Å²) in [6.45, 7) is 11.8. The third kappa shape index (κ3) is 3.60. The van der Waals surface area contributed by atoms with E-state index in [1.807, 2.05) is 13.8 Å². The summed E-state index contributed by atoms with van der Waals surface area (Å²) in [5.74, 6) is -4.93. The monoisotopic (exact) mass is 562 g/mol. The molecule has 4 aliphatic heterocycles. The zero-order valence-corrected chi connectivity index (χ0v) is 24.5. The second kappa shape index (κ2) is 9.58. The number of esters is 1. The Bertz CT molecular complexity index is 1080. The second-order valence-corrected chi connectivity index (χ2v) is 13.7. The summed E-state index contributed by atoms with van der Waals surface area (Å²) in [4.78, 5) is 27.9. The molecule has 6 fully saturated rings. The molecule has 4 saturated heterocycles. The van der Waals surface area contributed by atoms with Crippen LogP contribution in [0.4, 0.5) is 0 Å². The van der Waals surface area contributed by atoms with Gasteiger partial charge in [-0.15, -0.1) is 0 Å². The fourth-order valence-electron chi connectivity index (χ4n) is 9.59. The number of ketones is 1. The molecule has 0 aromatic heterocycles. The molecule has 1 unspecified atom stereocenters. The van der Waals surface area contributed by atoms with Crippen molar-refractivity contribution in [3.8, 4) is 0 Å². The van der Waals surface area contributed by atoms with Crippen LogP contribution >= 0.6 is 0 Å². The quantitative estimate of drug-likeness (QED) is 0.302. The van der Waals surface area contributed by atoms with Crippen LogP contribution in [0.2, 0.25) is 0 Å². The lowest BCUT2D eigenvalue weighted by Crippen LogP contribution is -2.72. The normalized spacial score (nSPS) is 52.3. The molecule has 13 atom stereocenters. The lowest BCUT2D eigenvalue weighted by atomic mass is 9.51. The zero-order chi connectivity index (χ0) is 28.8. The molecule has 40 heavy (non-hydrogen) atoms. The summed E-state index contributed by atoms with van der Waals surface area (Å²) in [6, 6.07) is 0. The molecule has 3 bridgehead atoms. The third-order valence-corrected chi connectivity index (χ3v) is 11.6. The molecule has 0 amide bonds. The number of carbonyl (C=O) groups is 2. The first-order valence-corrected chi connectivity index (χ1v) is 15.3. The van der Waals surface area contributed by atoms with Gasteiger partial charge in [-0.25, -0.2) is 0 Å². The Morgan fingerprint density at radius 1 is 1.12 bits per heavy atom. The van der Waals surface area contributed by atoms with Gasteiger partial charge in [0.2, 0.25) is 0 Å². The van der Waals surface area contributed by atoms with Crippen molar-refractivity contribution in [1.82, 2.24) is 0 Å². The van der Waals surface area contributed by atoms with E-state index in [0.29, 0.717) is 12.8 Å². The smallest absolute Gasteiger partial charge is 0.308 e. The number of hydrogen-bond acceptors (Lipinski definition) is 9. The number of aliphatic hydroxyl groups excluding tert-OH is 2. The Morgan fingerprint density at radius 3 is 2.50 bits per heavy atom. The minimum absolute atomic E-state index is 0.0348. The molecular weight excluding hydrogens is 516 g/mol. The second-order valence-electron chi connectivity index (χ2n) is 13.7. The Hall–Kier alpha value is -1.36. The van der Waals surface area contributed by atoms with Crippen molar-refractivity contribution in [3.05, 3.63) is 12.2 Å². The highest BCUT2D eigenvalue weighted by Crippen LogP contribution is 2.71. The Balaban J connectivity index is 1.61. The zero-order valence-electron chi connectivity index (χ0n) is 24.5. The van der Waals surface area contributed by atoms with Gasteiger partial charge in [0.05, 0.1) is 31.2 Å². The van der Waals surface area contributed by atoms with Gasteiger partial charge >= 0.3 is 5.97 Å². The lowest BCUT2D eigenvalue weighted by molar-refractivity contribution is -0.429. The van der Waals surface area contributed by atoms with Gasteiger partial charge in [0.25, 0.3) is 5.97 Å². The molecule has 2 saturated carbocycles. The maximum Gasteiger partial charge on any atom is 0.308 e. The number of methoxy groups -OCH3 is 1. The molecule has 6 rings (SSSR count). The minimum atomic E-state index is -1.56. The van der Waals surface area contributed by atoms with Crippen LogP contribution in [0.3, 0.4) is 0 Å². The summed E-state index contributed by atoms with van der Waals surface area (Å²) in [7, 11) is 1.37. The van der Waals surface area contributed by atoms with Crippen molar-refractivity contribution in [2.24, 2.45) is 35.5 Å². The first-order valence-electron chi connectivity index (χ1n) is 15.3. The molecule has 2 aliphatic carbocycles. The van der Waals surface area contributed by atoms with Crippen LogP contribution in [0.1, 0.15) is 79.1 Å². The number of aliphatic hydroxyl groups is 2. The van der Waals surface area contributed by atoms with Crippen molar-refractivity contribution >= 4 is 11.8 Å². The predicted molar refractivity (Wildman–Crippen MR) is 143 cm³/mol. The van der Waals surface area contributed by atoms with Crippen LogP contribution in [0.25, 0.3) is 0 Å². The summed E-state index contributed by atoms with van der Waals surface area (Å²) in [5.41, 5.74) is -2.62. The summed E-state index contributed by atoms with van der Waals surface area (Å²) >= 11 is 0. The fraction of sp³-hybridized carbons (Fsp3) is 0.871. The first kappa shape index (κ1) is 28.7. The molecule has 2 N–H and O–H groups in total. The Kier molecular flexibility index (Phi) is 6.88. The molecule has 4 heterocycles. The van der Waals surface area contributed by atoms with Crippen molar-refractivity contribution in [2.45, 2.75) is 120 Å². The summed E-state index contributed by atoms with van der Waals surface area (Å²) in [6.07, 6.45) is 4.03. The van der Waals surface area contributed by atoms with Crippen LogP contribution < -0.4 is 0 Å². The topological polar surface area (TPSA) is 124 Å². The van der Waals surface area contributed by atoms with Gasteiger partial charge in [-0.2, -0.15) is 0 Å². The van der Waals surface area contributed by atoms with Crippen LogP contribution in [0.5, 0.6) is 0 Å². The molecule has 9 heteroatoms. The SMILES string of the molecule is C=C(C)[C@]12C[C@@H](C)[C@]34OC5(CCCCCCC[C@H](C)[C@@H]([C@H](C)C(=O)OC)[C@@H]3C(=O)[C@H](O)[C@@]3(CO)O[C@H]3[C@H]4[C@H]1O5)O2. The van der Waals surface area contributed by atoms with Crippen molar-refractivity contribution in [1.29, 1.82) is 0 Å². The number of rotatable bonds is 4. The van der Waals surface area contributed by atoms with Gasteiger partial charge in [0.1, 0.15) is 23.9 Å². The van der Waals surface area contributed by atoms with E-state index in [4.69, 9.17) is 23.7 Å². The van der Waals surface area contributed by atoms with Gasteiger partial charge in [-0.3, -0.25) is 9.59 Å². The number of hydrogen-bond donors (Lipinski definition) is 2. The highest BCUT2D eigenvalue weighted by Gasteiger charge is 2.86. The van der Waals surface area contributed by atoms with E-state index in [1.54, 1.807) is 0 Å². The summed E-state index contributed by atoms with van der Waals surface area (Å²) in [5, 5.41) is 22.2. The van der Waals surface area contributed by atoms with Gasteiger partial charge in [-0.05, 0) is 43.1 Å². The van der Waals surface area contributed by atoms with E-state index in [2.05, 4.69) is 20.4 Å². The van der Waals surface area contributed by atoms with E-state index in [-0.39, 0.29) is 17.8 Å². The van der Waals surface area contributed by atoms with E-state index in [9.17, 15) is 19.8 Å². The fourth-order valence-corrected chi connectivity index (χ4v) is 9.59. The van der Waals surface area contributed by atoms with Crippen molar-refractivity contribution in [2.75, 3.05) is 13.7 Å².